The Labute approximate surface area is 420 Å². The maximum atomic E-state index is 2.63. The molecule has 2 aliphatic rings. The van der Waals surface area contributed by atoms with Crippen LogP contribution in [-0.2, 0) is 10.8 Å². The Hall–Kier alpha value is -8.08. The molecular weight excluding hydrogens is 858 g/mol. The minimum absolute atomic E-state index is 0.0260. The van der Waals surface area contributed by atoms with Crippen molar-refractivity contribution in [2.24, 2.45) is 0 Å². The van der Waals surface area contributed by atoms with E-state index < -0.39 is 0 Å². The number of fused-ring (bicyclic) bond motifs is 6. The molecule has 0 amide bonds. The molecular formula is C67H58BN3. The van der Waals surface area contributed by atoms with Gasteiger partial charge in [0.2, 0.25) is 0 Å². The van der Waals surface area contributed by atoms with E-state index in [0.717, 1.165) is 22.7 Å². The molecule has 0 fully saturated rings. The third-order valence-corrected chi connectivity index (χ3v) is 14.8. The highest BCUT2D eigenvalue weighted by Crippen LogP contribution is 2.51. The average molecular weight is 916 g/mol. The van der Waals surface area contributed by atoms with Crippen molar-refractivity contribution in [2.45, 2.75) is 59.3 Å². The van der Waals surface area contributed by atoms with E-state index in [1.807, 2.05) is 0 Å². The SMILES string of the molecule is Cc1cc(-c2ccccc2)ccc1N1c2ccc(N(c3ccc(C(C)(C)C)cc3)c3ccc(C(C)(C)C)cc3)cc2B2c3c(cc4ccccc4c31)-c1ccccc1N2c1cccc(-c2ccccc2)c1. The van der Waals surface area contributed by atoms with Gasteiger partial charge in [-0.3, -0.25) is 0 Å². The second-order valence-electron chi connectivity index (χ2n) is 21.5. The van der Waals surface area contributed by atoms with Crippen molar-refractivity contribution in [3.63, 3.8) is 0 Å². The third kappa shape index (κ3) is 7.70. The Morgan fingerprint density at radius 1 is 0.408 bits per heavy atom. The van der Waals surface area contributed by atoms with Gasteiger partial charge in [-0.05, 0) is 157 Å². The van der Waals surface area contributed by atoms with Crippen molar-refractivity contribution >= 4 is 74.0 Å². The first kappa shape index (κ1) is 44.2. The molecule has 0 bridgehead atoms. The monoisotopic (exact) mass is 915 g/mol. The lowest BCUT2D eigenvalue weighted by Crippen LogP contribution is -2.61. The van der Waals surface area contributed by atoms with Gasteiger partial charge in [-0.1, -0.05) is 187 Å². The highest BCUT2D eigenvalue weighted by atomic mass is 15.2. The normalized spacial score (nSPS) is 12.9. The molecule has 10 aromatic carbocycles. The molecule has 4 heteroatoms. The predicted molar refractivity (Wildman–Crippen MR) is 305 cm³/mol. The number of nitrogens with zero attached hydrogens (tertiary/aromatic N) is 3. The molecule has 344 valence electrons. The van der Waals surface area contributed by atoms with E-state index in [1.54, 1.807) is 0 Å². The second kappa shape index (κ2) is 17.1. The summed E-state index contributed by atoms with van der Waals surface area (Å²) in [6.45, 7) is 15.8. The van der Waals surface area contributed by atoms with E-state index >= 15 is 0 Å². The largest absolute Gasteiger partial charge is 0.376 e. The Balaban J connectivity index is 1.16. The molecule has 0 saturated heterocycles. The zero-order chi connectivity index (χ0) is 48.6. The molecule has 0 aliphatic carbocycles. The summed E-state index contributed by atoms with van der Waals surface area (Å²) in [7, 11) is 0. The number of hydrogen-bond donors (Lipinski definition) is 0. The highest BCUT2D eigenvalue weighted by molar-refractivity contribution is 6.94. The maximum Gasteiger partial charge on any atom is 0.333 e. The molecule has 0 N–H and O–H groups in total. The van der Waals surface area contributed by atoms with Gasteiger partial charge in [-0.25, -0.2) is 0 Å². The van der Waals surface area contributed by atoms with Crippen molar-refractivity contribution in [2.75, 3.05) is 14.6 Å². The van der Waals surface area contributed by atoms with E-state index in [1.165, 1.54) is 94.5 Å². The van der Waals surface area contributed by atoms with E-state index in [9.17, 15) is 0 Å². The van der Waals surface area contributed by atoms with E-state index in [-0.39, 0.29) is 17.7 Å². The van der Waals surface area contributed by atoms with Crippen molar-refractivity contribution in [3.8, 4) is 33.4 Å². The van der Waals surface area contributed by atoms with Crippen LogP contribution in [0.3, 0.4) is 0 Å². The van der Waals surface area contributed by atoms with E-state index in [0.29, 0.717) is 0 Å². The van der Waals surface area contributed by atoms with Crippen LogP contribution in [0.25, 0.3) is 44.2 Å². The van der Waals surface area contributed by atoms with Crippen molar-refractivity contribution in [1.82, 2.24) is 0 Å². The number of aryl methyl sites for hydroxylation is 1. The lowest BCUT2D eigenvalue weighted by molar-refractivity contribution is 0.590. The van der Waals surface area contributed by atoms with Gasteiger partial charge in [-0.2, -0.15) is 0 Å². The van der Waals surface area contributed by atoms with Gasteiger partial charge in [0.15, 0.2) is 0 Å². The van der Waals surface area contributed by atoms with Crippen LogP contribution < -0.4 is 25.5 Å². The summed E-state index contributed by atoms with van der Waals surface area (Å²) in [5, 5.41) is 2.45. The van der Waals surface area contributed by atoms with Crippen LogP contribution in [0, 0.1) is 6.92 Å². The van der Waals surface area contributed by atoms with Crippen LogP contribution in [0.1, 0.15) is 58.2 Å². The van der Waals surface area contributed by atoms with Crippen molar-refractivity contribution in [3.05, 3.63) is 241 Å². The Morgan fingerprint density at radius 2 is 0.958 bits per heavy atom. The van der Waals surface area contributed by atoms with Gasteiger partial charge < -0.3 is 14.6 Å². The van der Waals surface area contributed by atoms with Crippen LogP contribution in [-0.4, -0.2) is 6.85 Å². The zero-order valence-corrected chi connectivity index (χ0v) is 41.8. The number of para-hydroxylation sites is 1. The molecule has 0 spiro atoms. The maximum absolute atomic E-state index is 2.63. The number of benzene rings is 10. The van der Waals surface area contributed by atoms with Crippen LogP contribution in [0.2, 0.25) is 0 Å². The molecule has 0 aromatic heterocycles. The van der Waals surface area contributed by atoms with Gasteiger partial charge in [0.05, 0.1) is 5.69 Å². The van der Waals surface area contributed by atoms with Crippen molar-refractivity contribution in [1.29, 1.82) is 0 Å². The van der Waals surface area contributed by atoms with Crippen LogP contribution >= 0.6 is 0 Å². The second-order valence-corrected chi connectivity index (χ2v) is 21.5. The minimum atomic E-state index is -0.186. The average Bonchev–Trinajstić information content (AvgIpc) is 3.39. The standard InChI is InChI=1S/C67H58BN3/c1-45-41-49(47-21-12-9-13-22-47)29-39-61(45)70-63-40-38-55(69(53-34-30-51(31-35-53)66(2,3)4)54-36-32-52(33-37-54)67(5,6)7)44-60(63)68-64-59(43-50-23-14-15-26-57(50)65(64)70)58-27-16-17-28-62(58)71(68)56-25-18-24-48(42-56)46-19-10-8-11-20-46/h8-44H,1-7H3. The Bertz CT molecular complexity index is 3570. The van der Waals surface area contributed by atoms with Crippen LogP contribution in [0.15, 0.2) is 224 Å². The van der Waals surface area contributed by atoms with Gasteiger partial charge in [0, 0.05) is 50.8 Å². The number of rotatable bonds is 7. The van der Waals surface area contributed by atoms with Gasteiger partial charge in [0.25, 0.3) is 0 Å². The highest BCUT2D eigenvalue weighted by Gasteiger charge is 2.46. The quantitative estimate of drug-likeness (QED) is 0.148. The molecule has 0 radical (unpaired) electrons. The zero-order valence-electron chi connectivity index (χ0n) is 41.8. The fraction of sp³-hybridized carbons (Fsp3) is 0.134. The molecule has 0 unspecified atom stereocenters. The summed E-state index contributed by atoms with van der Waals surface area (Å²) in [6, 6.07) is 83.9. The fourth-order valence-corrected chi connectivity index (χ4v) is 11.2. The fourth-order valence-electron chi connectivity index (χ4n) is 11.2. The van der Waals surface area contributed by atoms with E-state index in [4.69, 9.17) is 0 Å². The smallest absolute Gasteiger partial charge is 0.333 e. The van der Waals surface area contributed by atoms with Gasteiger partial charge in [-0.15, -0.1) is 0 Å². The summed E-state index contributed by atoms with van der Waals surface area (Å²) < 4.78 is 0. The predicted octanol–water partition coefficient (Wildman–Crippen LogP) is 17.3. The summed E-state index contributed by atoms with van der Waals surface area (Å²) in [5.41, 5.74) is 23.0. The summed E-state index contributed by atoms with van der Waals surface area (Å²) >= 11 is 0. The molecule has 0 saturated carbocycles. The lowest BCUT2D eigenvalue weighted by atomic mass is 9.43. The van der Waals surface area contributed by atoms with Crippen LogP contribution in [0.5, 0.6) is 0 Å². The van der Waals surface area contributed by atoms with Gasteiger partial charge in [0.1, 0.15) is 0 Å². The number of anilines is 8. The summed E-state index contributed by atoms with van der Waals surface area (Å²) in [5.74, 6) is 0. The molecule has 3 nitrogen and oxygen atoms in total. The molecule has 2 aliphatic heterocycles. The van der Waals surface area contributed by atoms with E-state index in [2.05, 4.69) is 288 Å². The molecule has 0 atom stereocenters. The summed E-state index contributed by atoms with van der Waals surface area (Å²) in [6.07, 6.45) is 0. The first-order chi connectivity index (χ1) is 34.4. The lowest BCUT2D eigenvalue weighted by Gasteiger charge is -2.46. The molecule has 12 rings (SSSR count). The third-order valence-electron chi connectivity index (χ3n) is 14.8. The first-order valence-corrected chi connectivity index (χ1v) is 25.1. The Morgan fingerprint density at radius 3 is 1.59 bits per heavy atom. The topological polar surface area (TPSA) is 9.72 Å². The van der Waals surface area contributed by atoms with Crippen molar-refractivity contribution < 1.29 is 0 Å². The Kier molecular flexibility index (Phi) is 10.6. The molecule has 2 heterocycles. The minimum Gasteiger partial charge on any atom is -0.376 e. The molecule has 71 heavy (non-hydrogen) atoms. The first-order valence-electron chi connectivity index (χ1n) is 25.1. The van der Waals surface area contributed by atoms with Gasteiger partial charge >= 0.3 is 6.85 Å². The number of hydrogen-bond acceptors (Lipinski definition) is 3. The van der Waals surface area contributed by atoms with Crippen LogP contribution in [0.4, 0.5) is 45.5 Å². The summed E-state index contributed by atoms with van der Waals surface area (Å²) in [4.78, 5) is 7.68. The molecule has 10 aromatic rings.